The molecule has 2 rings (SSSR count). The van der Waals surface area contributed by atoms with E-state index in [-0.39, 0.29) is 16.9 Å². The summed E-state index contributed by atoms with van der Waals surface area (Å²) >= 11 is 5.68. The smallest absolute Gasteiger partial charge is 0.287 e. The molecule has 0 spiro atoms. The molecule has 1 unspecified atom stereocenters. The Balaban J connectivity index is 2.22. The highest BCUT2D eigenvalue weighted by Gasteiger charge is 2.27. The van der Waals surface area contributed by atoms with Crippen LogP contribution in [0.4, 0.5) is 0 Å². The van der Waals surface area contributed by atoms with Crippen LogP contribution in [0.15, 0.2) is 46.9 Å². The van der Waals surface area contributed by atoms with Gasteiger partial charge in [-0.15, -0.1) is 0 Å². The number of nitrogens with one attached hydrogen (secondary N) is 1. The molecule has 0 saturated heterocycles. The summed E-state index contributed by atoms with van der Waals surface area (Å²) < 4.78 is 5.12. The number of benzene rings is 1. The molecule has 1 atom stereocenters. The van der Waals surface area contributed by atoms with Crippen LogP contribution in [0.2, 0.25) is 5.22 Å². The predicted octanol–water partition coefficient (Wildman–Crippen LogP) is 3.99. The van der Waals surface area contributed by atoms with E-state index in [0.29, 0.717) is 0 Å². The van der Waals surface area contributed by atoms with Crippen LogP contribution < -0.4 is 5.32 Å². The zero-order valence-corrected chi connectivity index (χ0v) is 11.7. The van der Waals surface area contributed by atoms with Crippen LogP contribution in [-0.2, 0) is 5.54 Å². The van der Waals surface area contributed by atoms with Gasteiger partial charge in [-0.3, -0.25) is 4.79 Å². The largest absolute Gasteiger partial charge is 0.440 e. The Morgan fingerprint density at radius 1 is 1.26 bits per heavy atom. The summed E-state index contributed by atoms with van der Waals surface area (Å²) in [5, 5.41) is 3.21. The Kier molecular flexibility index (Phi) is 3.96. The van der Waals surface area contributed by atoms with Gasteiger partial charge in [0, 0.05) is 0 Å². The van der Waals surface area contributed by atoms with E-state index in [4.69, 9.17) is 16.0 Å². The second-order valence-electron chi connectivity index (χ2n) is 4.61. The van der Waals surface area contributed by atoms with Crippen molar-refractivity contribution in [3.05, 3.63) is 59.0 Å². The SMILES string of the molecule is CCC(C)(NC(=O)c1ccc(Cl)o1)c1ccccc1. The summed E-state index contributed by atoms with van der Waals surface area (Å²) in [7, 11) is 0. The predicted molar refractivity (Wildman–Crippen MR) is 75.3 cm³/mol. The molecule has 1 aromatic heterocycles. The molecule has 0 aliphatic rings. The second-order valence-corrected chi connectivity index (χ2v) is 4.98. The summed E-state index contributed by atoms with van der Waals surface area (Å²) in [5.74, 6) is -0.0410. The van der Waals surface area contributed by atoms with Crippen LogP contribution in [-0.4, -0.2) is 5.91 Å². The summed E-state index contributed by atoms with van der Waals surface area (Å²) in [6.45, 7) is 4.02. The molecule has 0 saturated carbocycles. The fraction of sp³-hybridized carbons (Fsp3) is 0.267. The second kappa shape index (κ2) is 5.49. The number of furan rings is 1. The standard InChI is InChI=1S/C15H16ClNO2/c1-3-15(2,11-7-5-4-6-8-11)17-14(18)12-9-10-13(16)19-12/h4-10H,3H2,1-2H3,(H,17,18). The Hall–Kier alpha value is -1.74. The lowest BCUT2D eigenvalue weighted by Crippen LogP contribution is -2.42. The van der Waals surface area contributed by atoms with Gasteiger partial charge in [-0.25, -0.2) is 0 Å². The summed E-state index contributed by atoms with van der Waals surface area (Å²) in [6.07, 6.45) is 0.775. The maximum Gasteiger partial charge on any atom is 0.287 e. The molecule has 1 heterocycles. The lowest BCUT2D eigenvalue weighted by molar-refractivity contribution is 0.0873. The monoisotopic (exact) mass is 277 g/mol. The summed E-state index contributed by atoms with van der Waals surface area (Å²) in [5.41, 5.74) is 0.626. The topological polar surface area (TPSA) is 42.2 Å². The number of hydrogen-bond acceptors (Lipinski definition) is 2. The van der Waals surface area contributed by atoms with E-state index < -0.39 is 5.54 Å². The molecule has 4 heteroatoms. The van der Waals surface area contributed by atoms with E-state index >= 15 is 0 Å². The van der Waals surface area contributed by atoms with Gasteiger partial charge < -0.3 is 9.73 Å². The number of rotatable bonds is 4. The molecule has 0 bridgehead atoms. The normalized spacial score (nSPS) is 13.8. The molecule has 2 aromatic rings. The third kappa shape index (κ3) is 2.99. The van der Waals surface area contributed by atoms with Gasteiger partial charge in [0.1, 0.15) is 0 Å². The van der Waals surface area contributed by atoms with E-state index in [0.717, 1.165) is 12.0 Å². The molecule has 19 heavy (non-hydrogen) atoms. The lowest BCUT2D eigenvalue weighted by Gasteiger charge is -2.29. The Labute approximate surface area is 117 Å². The van der Waals surface area contributed by atoms with Crippen LogP contribution in [0.3, 0.4) is 0 Å². The first-order chi connectivity index (χ1) is 9.05. The Morgan fingerprint density at radius 2 is 1.95 bits per heavy atom. The van der Waals surface area contributed by atoms with Crippen molar-refractivity contribution in [2.24, 2.45) is 0 Å². The van der Waals surface area contributed by atoms with Crippen LogP contribution in [0.5, 0.6) is 0 Å². The van der Waals surface area contributed by atoms with Gasteiger partial charge in [0.25, 0.3) is 5.91 Å². The van der Waals surface area contributed by atoms with Gasteiger partial charge in [0.05, 0.1) is 5.54 Å². The van der Waals surface area contributed by atoms with Gasteiger partial charge in [-0.1, -0.05) is 37.3 Å². The summed E-state index contributed by atoms with van der Waals surface area (Å²) in [6, 6.07) is 13.0. The molecule has 3 nitrogen and oxygen atoms in total. The van der Waals surface area contributed by atoms with Crippen molar-refractivity contribution in [1.29, 1.82) is 0 Å². The first kappa shape index (κ1) is 13.7. The highest BCUT2D eigenvalue weighted by Crippen LogP contribution is 2.25. The summed E-state index contributed by atoms with van der Waals surface area (Å²) in [4.78, 5) is 12.1. The van der Waals surface area contributed by atoms with Gasteiger partial charge >= 0.3 is 0 Å². The van der Waals surface area contributed by atoms with Crippen molar-refractivity contribution < 1.29 is 9.21 Å². The van der Waals surface area contributed by atoms with Crippen LogP contribution in [0.1, 0.15) is 36.4 Å². The average molecular weight is 278 g/mol. The zero-order valence-electron chi connectivity index (χ0n) is 10.9. The third-order valence-electron chi connectivity index (χ3n) is 3.30. The van der Waals surface area contributed by atoms with Gasteiger partial charge in [-0.2, -0.15) is 0 Å². The van der Waals surface area contributed by atoms with E-state index in [1.54, 1.807) is 12.1 Å². The molecule has 1 amide bonds. The van der Waals surface area contributed by atoms with E-state index in [2.05, 4.69) is 5.32 Å². The molecular weight excluding hydrogens is 262 g/mol. The molecular formula is C15H16ClNO2. The fourth-order valence-corrected chi connectivity index (χ4v) is 2.07. The fourth-order valence-electron chi connectivity index (χ4n) is 1.92. The highest BCUT2D eigenvalue weighted by atomic mass is 35.5. The third-order valence-corrected chi connectivity index (χ3v) is 3.51. The van der Waals surface area contributed by atoms with E-state index in [1.165, 1.54) is 0 Å². The molecule has 1 aromatic carbocycles. The van der Waals surface area contributed by atoms with E-state index in [9.17, 15) is 4.79 Å². The van der Waals surface area contributed by atoms with Crippen molar-refractivity contribution in [2.75, 3.05) is 0 Å². The zero-order chi connectivity index (χ0) is 13.9. The van der Waals surface area contributed by atoms with Crippen molar-refractivity contribution in [2.45, 2.75) is 25.8 Å². The quantitative estimate of drug-likeness (QED) is 0.918. The van der Waals surface area contributed by atoms with Gasteiger partial charge in [-0.05, 0) is 42.6 Å². The van der Waals surface area contributed by atoms with Crippen molar-refractivity contribution >= 4 is 17.5 Å². The number of carbonyl (C=O) groups excluding carboxylic acids is 1. The number of carbonyl (C=O) groups is 1. The Bertz CT molecular complexity index is 565. The number of amides is 1. The van der Waals surface area contributed by atoms with Crippen molar-refractivity contribution in [3.63, 3.8) is 0 Å². The molecule has 0 aliphatic heterocycles. The molecule has 0 fully saturated rings. The molecule has 0 radical (unpaired) electrons. The number of halogens is 1. The maximum absolute atomic E-state index is 12.1. The molecule has 0 aliphatic carbocycles. The Morgan fingerprint density at radius 3 is 2.47 bits per heavy atom. The highest BCUT2D eigenvalue weighted by molar-refractivity contribution is 6.29. The van der Waals surface area contributed by atoms with Crippen LogP contribution >= 0.6 is 11.6 Å². The molecule has 1 N–H and O–H groups in total. The lowest BCUT2D eigenvalue weighted by atomic mass is 9.89. The minimum absolute atomic E-state index is 0.211. The first-order valence-electron chi connectivity index (χ1n) is 6.18. The van der Waals surface area contributed by atoms with Crippen LogP contribution in [0, 0.1) is 0 Å². The first-order valence-corrected chi connectivity index (χ1v) is 6.56. The van der Waals surface area contributed by atoms with Crippen molar-refractivity contribution in [3.8, 4) is 0 Å². The van der Waals surface area contributed by atoms with Crippen LogP contribution in [0.25, 0.3) is 0 Å². The van der Waals surface area contributed by atoms with Gasteiger partial charge in [0.2, 0.25) is 0 Å². The minimum atomic E-state index is -0.433. The van der Waals surface area contributed by atoms with Gasteiger partial charge in [0.15, 0.2) is 11.0 Å². The minimum Gasteiger partial charge on any atom is -0.440 e. The molecule has 100 valence electrons. The van der Waals surface area contributed by atoms with E-state index in [1.807, 2.05) is 44.2 Å². The van der Waals surface area contributed by atoms with Crippen molar-refractivity contribution in [1.82, 2.24) is 5.32 Å². The average Bonchev–Trinajstić information content (AvgIpc) is 2.86. The number of hydrogen-bond donors (Lipinski definition) is 1. The maximum atomic E-state index is 12.1.